The summed E-state index contributed by atoms with van der Waals surface area (Å²) in [6.07, 6.45) is 2.60. The van der Waals surface area contributed by atoms with Crippen LogP contribution in [0.3, 0.4) is 0 Å². The Morgan fingerprint density at radius 1 is 0.952 bits per heavy atom. The molecule has 0 radical (unpaired) electrons. The van der Waals surface area contributed by atoms with Crippen LogP contribution in [0.2, 0.25) is 0 Å². The lowest BCUT2D eigenvalue weighted by Gasteiger charge is -2.25. The Morgan fingerprint density at radius 2 is 1.79 bits per heavy atom. The fourth-order valence-electron chi connectivity index (χ4n) is 4.79. The van der Waals surface area contributed by atoms with Crippen molar-refractivity contribution < 1.29 is 22.3 Å². The zero-order chi connectivity index (χ0) is 28.9. The monoisotopic (exact) mass is 585 g/mol. The van der Waals surface area contributed by atoms with Crippen LogP contribution in [0.15, 0.2) is 89.6 Å². The highest BCUT2D eigenvalue weighted by Gasteiger charge is 2.15. The summed E-state index contributed by atoms with van der Waals surface area (Å²) in [4.78, 5) is 11.2. The normalized spacial score (nSPS) is 14.1. The minimum absolute atomic E-state index is 0.298. The van der Waals surface area contributed by atoms with Crippen LogP contribution in [-0.2, 0) is 27.9 Å². The van der Waals surface area contributed by atoms with E-state index in [4.69, 9.17) is 13.9 Å². The number of hydrogen-bond donors (Lipinski definition) is 2. The van der Waals surface area contributed by atoms with Gasteiger partial charge in [-0.05, 0) is 54.1 Å². The molecule has 1 fully saturated rings. The first-order valence-corrected chi connectivity index (χ1v) is 15.5. The highest BCUT2D eigenvalue weighted by molar-refractivity contribution is 7.92. The Morgan fingerprint density at radius 3 is 2.60 bits per heavy atom. The Labute approximate surface area is 244 Å². The molecular formula is C31H31N5O5S. The standard InChI is InChI=1S/C31H31N5O5S/c1-42(37,38)35-28-18-24(8-11-30(28)40-20-22-5-3-2-4-6-22)34-31-26-17-23(7-10-27(26)32-21-33-31)29-12-9-25(41-29)19-36-13-15-39-16-14-36/h2-12,17-18,21,35H,13-16,19-20H2,1H3,(H,32,33,34). The van der Waals surface area contributed by atoms with E-state index in [0.29, 0.717) is 29.5 Å². The molecule has 0 saturated carbocycles. The van der Waals surface area contributed by atoms with Crippen LogP contribution in [0, 0.1) is 0 Å². The van der Waals surface area contributed by atoms with E-state index in [-0.39, 0.29) is 0 Å². The van der Waals surface area contributed by atoms with E-state index in [9.17, 15) is 8.42 Å². The fourth-order valence-corrected chi connectivity index (χ4v) is 5.35. The summed E-state index contributed by atoms with van der Waals surface area (Å²) in [6, 6.07) is 24.8. The molecule has 3 aromatic carbocycles. The van der Waals surface area contributed by atoms with Crippen molar-refractivity contribution >= 4 is 38.1 Å². The van der Waals surface area contributed by atoms with Crippen molar-refractivity contribution in [2.75, 3.05) is 42.6 Å². The number of aromatic nitrogens is 2. The van der Waals surface area contributed by atoms with Gasteiger partial charge in [-0.15, -0.1) is 0 Å². The van der Waals surface area contributed by atoms with E-state index in [1.807, 2.05) is 66.7 Å². The second-order valence-electron chi connectivity index (χ2n) is 10.1. The Bertz CT molecular complexity index is 1790. The number of anilines is 3. The van der Waals surface area contributed by atoms with Crippen LogP contribution < -0.4 is 14.8 Å². The molecule has 0 atom stereocenters. The van der Waals surface area contributed by atoms with Crippen LogP contribution in [0.25, 0.3) is 22.2 Å². The number of benzene rings is 3. The van der Waals surface area contributed by atoms with E-state index < -0.39 is 10.0 Å². The largest absolute Gasteiger partial charge is 0.487 e. The van der Waals surface area contributed by atoms with Gasteiger partial charge in [0.25, 0.3) is 0 Å². The summed E-state index contributed by atoms with van der Waals surface area (Å²) < 4.78 is 44.4. The summed E-state index contributed by atoms with van der Waals surface area (Å²) in [5, 5.41) is 4.12. The molecule has 0 spiro atoms. The third-order valence-electron chi connectivity index (χ3n) is 6.84. The van der Waals surface area contributed by atoms with Crippen LogP contribution in [-0.4, -0.2) is 55.8 Å². The molecule has 216 valence electrons. The Kier molecular flexibility index (Phi) is 8.04. The summed E-state index contributed by atoms with van der Waals surface area (Å²) in [5.41, 5.74) is 3.58. The Hall–Kier alpha value is -4.45. The average molecular weight is 586 g/mol. The van der Waals surface area contributed by atoms with Crippen LogP contribution in [0.5, 0.6) is 5.75 Å². The van der Waals surface area contributed by atoms with Gasteiger partial charge >= 0.3 is 0 Å². The number of nitrogens with zero attached hydrogens (tertiary/aromatic N) is 3. The number of sulfonamides is 1. The maximum absolute atomic E-state index is 12.1. The zero-order valence-electron chi connectivity index (χ0n) is 23.1. The van der Waals surface area contributed by atoms with Crippen molar-refractivity contribution in [1.82, 2.24) is 14.9 Å². The number of morpholine rings is 1. The molecule has 3 heterocycles. The third kappa shape index (κ3) is 6.88. The smallest absolute Gasteiger partial charge is 0.229 e. The minimum Gasteiger partial charge on any atom is -0.487 e. The predicted octanol–water partition coefficient (Wildman–Crippen LogP) is 5.42. The molecule has 10 nitrogen and oxygen atoms in total. The molecule has 0 aliphatic carbocycles. The molecule has 0 bridgehead atoms. The van der Waals surface area contributed by atoms with Gasteiger partial charge < -0.3 is 19.2 Å². The van der Waals surface area contributed by atoms with Gasteiger partial charge in [-0.25, -0.2) is 18.4 Å². The summed E-state index contributed by atoms with van der Waals surface area (Å²) in [5.74, 6) is 2.64. The van der Waals surface area contributed by atoms with Crippen molar-refractivity contribution in [3.05, 3.63) is 96.5 Å². The second-order valence-corrected chi connectivity index (χ2v) is 11.8. The topological polar surface area (TPSA) is 119 Å². The zero-order valence-corrected chi connectivity index (χ0v) is 23.9. The number of furan rings is 1. The molecule has 0 amide bonds. The van der Waals surface area contributed by atoms with E-state index >= 15 is 0 Å². The van der Waals surface area contributed by atoms with E-state index in [2.05, 4.69) is 24.9 Å². The molecule has 1 aliphatic rings. The SMILES string of the molecule is CS(=O)(=O)Nc1cc(Nc2ncnc3ccc(-c4ccc(CN5CCOCC5)o4)cc23)ccc1OCc1ccccc1. The van der Waals surface area contributed by atoms with Gasteiger partial charge in [-0.1, -0.05) is 30.3 Å². The number of fused-ring (bicyclic) bond motifs is 1. The molecule has 0 unspecified atom stereocenters. The lowest BCUT2D eigenvalue weighted by molar-refractivity contribution is 0.0314. The highest BCUT2D eigenvalue weighted by Crippen LogP contribution is 2.33. The molecular weight excluding hydrogens is 554 g/mol. The fraction of sp³-hybridized carbons (Fsp3) is 0.226. The summed E-state index contributed by atoms with van der Waals surface area (Å²) in [6.45, 7) is 4.29. The minimum atomic E-state index is -3.55. The molecule has 6 rings (SSSR count). The molecule has 5 aromatic rings. The lowest BCUT2D eigenvalue weighted by Crippen LogP contribution is -2.35. The molecule has 1 aliphatic heterocycles. The Balaban J connectivity index is 1.25. The maximum atomic E-state index is 12.1. The van der Waals surface area contributed by atoms with E-state index in [0.717, 1.165) is 72.7 Å². The van der Waals surface area contributed by atoms with Crippen molar-refractivity contribution in [3.8, 4) is 17.1 Å². The van der Waals surface area contributed by atoms with Gasteiger partial charge in [0.2, 0.25) is 10.0 Å². The van der Waals surface area contributed by atoms with Crippen molar-refractivity contribution in [3.63, 3.8) is 0 Å². The summed E-state index contributed by atoms with van der Waals surface area (Å²) in [7, 11) is -3.55. The van der Waals surface area contributed by atoms with Gasteiger partial charge in [0.1, 0.15) is 36.0 Å². The molecule has 11 heteroatoms. The van der Waals surface area contributed by atoms with Crippen molar-refractivity contribution in [2.45, 2.75) is 13.2 Å². The van der Waals surface area contributed by atoms with Crippen molar-refractivity contribution in [1.29, 1.82) is 0 Å². The van der Waals surface area contributed by atoms with E-state index in [1.165, 1.54) is 6.33 Å². The van der Waals surface area contributed by atoms with Crippen LogP contribution in [0.1, 0.15) is 11.3 Å². The predicted molar refractivity (Wildman–Crippen MR) is 162 cm³/mol. The van der Waals surface area contributed by atoms with Gasteiger partial charge in [0.15, 0.2) is 0 Å². The number of hydrogen-bond acceptors (Lipinski definition) is 9. The molecule has 2 N–H and O–H groups in total. The van der Waals surface area contributed by atoms with Gasteiger partial charge in [-0.2, -0.15) is 0 Å². The number of rotatable bonds is 10. The van der Waals surface area contributed by atoms with Crippen LogP contribution in [0.4, 0.5) is 17.2 Å². The van der Waals surface area contributed by atoms with E-state index in [1.54, 1.807) is 12.1 Å². The first-order valence-electron chi connectivity index (χ1n) is 13.6. The molecule has 1 saturated heterocycles. The maximum Gasteiger partial charge on any atom is 0.229 e. The first-order chi connectivity index (χ1) is 20.4. The van der Waals surface area contributed by atoms with Gasteiger partial charge in [0, 0.05) is 29.7 Å². The first kappa shape index (κ1) is 27.7. The summed E-state index contributed by atoms with van der Waals surface area (Å²) >= 11 is 0. The number of ether oxygens (including phenoxy) is 2. The van der Waals surface area contributed by atoms with Gasteiger partial charge in [-0.3, -0.25) is 9.62 Å². The van der Waals surface area contributed by atoms with Crippen molar-refractivity contribution in [2.24, 2.45) is 0 Å². The second kappa shape index (κ2) is 12.2. The third-order valence-corrected chi connectivity index (χ3v) is 7.43. The quantitative estimate of drug-likeness (QED) is 0.222. The average Bonchev–Trinajstić information content (AvgIpc) is 3.45. The van der Waals surface area contributed by atoms with Gasteiger partial charge in [0.05, 0.1) is 37.2 Å². The van der Waals surface area contributed by atoms with Crippen LogP contribution >= 0.6 is 0 Å². The number of nitrogens with one attached hydrogen (secondary N) is 2. The molecule has 42 heavy (non-hydrogen) atoms. The molecule has 2 aromatic heterocycles. The highest BCUT2D eigenvalue weighted by atomic mass is 32.2. The lowest BCUT2D eigenvalue weighted by atomic mass is 10.1.